The maximum atomic E-state index is 6.46. The van der Waals surface area contributed by atoms with Crippen LogP contribution in [0.5, 0.6) is 11.5 Å². The lowest BCUT2D eigenvalue weighted by molar-refractivity contribution is 0.303. The minimum absolute atomic E-state index is 0.745. The molecule has 0 fully saturated rings. The van der Waals surface area contributed by atoms with Crippen LogP contribution in [0.1, 0.15) is 150 Å². The first-order valence-electron chi connectivity index (χ1n) is 20.6. The van der Waals surface area contributed by atoms with E-state index in [1.54, 1.807) is 0 Å². The highest BCUT2D eigenvalue weighted by molar-refractivity contribution is 5.84. The summed E-state index contributed by atoms with van der Waals surface area (Å²) in [5.41, 5.74) is 9.51. The van der Waals surface area contributed by atoms with E-state index in [1.807, 2.05) is 0 Å². The fourth-order valence-electron chi connectivity index (χ4n) is 6.58. The summed E-state index contributed by atoms with van der Waals surface area (Å²) in [4.78, 5) is 0. The Hall–Kier alpha value is -4.04. The molecule has 0 amide bonds. The molecule has 0 spiro atoms. The third kappa shape index (κ3) is 15.3. The summed E-state index contributed by atoms with van der Waals surface area (Å²) in [6, 6.07) is 30.6. The van der Waals surface area contributed by atoms with Gasteiger partial charge < -0.3 is 9.47 Å². The molecule has 4 rings (SSSR count). The number of hydrogen-bond donors (Lipinski definition) is 0. The highest BCUT2D eigenvalue weighted by Crippen LogP contribution is 2.34. The van der Waals surface area contributed by atoms with Crippen molar-refractivity contribution in [3.05, 3.63) is 118 Å². The molecule has 2 nitrogen and oxygen atoms in total. The summed E-state index contributed by atoms with van der Waals surface area (Å²) in [5.74, 6) is 1.87. The zero-order valence-corrected chi connectivity index (χ0v) is 32.9. The molecule has 4 aromatic carbocycles. The van der Waals surface area contributed by atoms with Gasteiger partial charge in [0, 0.05) is 5.56 Å². The van der Waals surface area contributed by atoms with Gasteiger partial charge in [-0.15, -0.1) is 0 Å². The first kappa shape index (κ1) is 40.7. The lowest BCUT2D eigenvalue weighted by Crippen LogP contribution is -2.00. The molecule has 0 unspecified atom stereocenters. The maximum absolute atomic E-state index is 6.46. The van der Waals surface area contributed by atoms with Gasteiger partial charge in [0.05, 0.1) is 13.2 Å². The van der Waals surface area contributed by atoms with Crippen molar-refractivity contribution >= 4 is 24.3 Å². The predicted octanol–water partition coefficient (Wildman–Crippen LogP) is 15.4. The number of aryl methyl sites for hydroxylation is 2. The summed E-state index contributed by atoms with van der Waals surface area (Å²) in [5, 5.41) is 0. The van der Waals surface area contributed by atoms with Crippen LogP contribution in [0.25, 0.3) is 35.4 Å². The van der Waals surface area contributed by atoms with Crippen LogP contribution < -0.4 is 9.47 Å². The van der Waals surface area contributed by atoms with Crippen LogP contribution in [-0.2, 0) is 0 Å². The molecule has 0 aliphatic carbocycles. The molecule has 2 heteroatoms. The molecule has 0 bridgehead atoms. The molecule has 0 heterocycles. The van der Waals surface area contributed by atoms with E-state index in [1.165, 1.54) is 123 Å². The van der Waals surface area contributed by atoms with Crippen LogP contribution in [-0.4, -0.2) is 13.2 Å². The van der Waals surface area contributed by atoms with Gasteiger partial charge in [0.15, 0.2) is 0 Å². The Bertz CT molecular complexity index is 1610. The van der Waals surface area contributed by atoms with Crippen LogP contribution in [0.2, 0.25) is 0 Å². The Labute approximate surface area is 317 Å². The van der Waals surface area contributed by atoms with Crippen molar-refractivity contribution in [2.75, 3.05) is 13.2 Å². The Balaban J connectivity index is 1.51. The second-order valence-electron chi connectivity index (χ2n) is 14.6. The number of ether oxygens (including phenoxy) is 2. The van der Waals surface area contributed by atoms with E-state index in [0.717, 1.165) is 48.7 Å². The normalized spacial score (nSPS) is 11.5. The SMILES string of the molecule is CCCCCCCCCCOc1ccc(-c2ccc(OCCCCCCCCCC)c(/C=C/c3ccc(C)cc3)c2)c(/C=C/c2ccc(C)cc2)c1. The monoisotopic (exact) mass is 699 g/mol. The Morgan fingerprint density at radius 1 is 0.423 bits per heavy atom. The van der Waals surface area contributed by atoms with Crippen molar-refractivity contribution in [3.8, 4) is 22.6 Å². The summed E-state index contributed by atoms with van der Waals surface area (Å²) in [7, 11) is 0. The fourth-order valence-corrected chi connectivity index (χ4v) is 6.58. The van der Waals surface area contributed by atoms with Crippen LogP contribution in [0.4, 0.5) is 0 Å². The maximum Gasteiger partial charge on any atom is 0.126 e. The molecule has 52 heavy (non-hydrogen) atoms. The summed E-state index contributed by atoms with van der Waals surface area (Å²) < 4.78 is 12.8. The fraction of sp³-hybridized carbons (Fsp3) is 0.440. The Morgan fingerprint density at radius 3 is 1.44 bits per heavy atom. The van der Waals surface area contributed by atoms with Crippen LogP contribution in [0.3, 0.4) is 0 Å². The van der Waals surface area contributed by atoms with Gasteiger partial charge in [0.1, 0.15) is 11.5 Å². The molecular formula is C50H66O2. The zero-order chi connectivity index (χ0) is 36.6. The topological polar surface area (TPSA) is 18.5 Å². The summed E-state index contributed by atoms with van der Waals surface area (Å²) in [6.07, 6.45) is 29.6. The molecular weight excluding hydrogens is 633 g/mol. The van der Waals surface area contributed by atoms with Gasteiger partial charge in [-0.2, -0.15) is 0 Å². The second-order valence-corrected chi connectivity index (χ2v) is 14.6. The lowest BCUT2D eigenvalue weighted by atomic mass is 9.96. The van der Waals surface area contributed by atoms with Crippen LogP contribution in [0.15, 0.2) is 84.9 Å². The van der Waals surface area contributed by atoms with E-state index in [0.29, 0.717) is 0 Å². The number of unbranched alkanes of at least 4 members (excludes halogenated alkanes) is 14. The van der Waals surface area contributed by atoms with Crippen molar-refractivity contribution in [2.24, 2.45) is 0 Å². The zero-order valence-electron chi connectivity index (χ0n) is 32.9. The first-order valence-corrected chi connectivity index (χ1v) is 20.6. The third-order valence-corrected chi connectivity index (χ3v) is 9.93. The van der Waals surface area contributed by atoms with Gasteiger partial charge in [-0.25, -0.2) is 0 Å². The number of hydrogen-bond acceptors (Lipinski definition) is 2. The Kier molecular flexibility index (Phi) is 19.0. The Morgan fingerprint density at radius 2 is 0.904 bits per heavy atom. The van der Waals surface area contributed by atoms with Crippen molar-refractivity contribution < 1.29 is 9.47 Å². The molecule has 0 N–H and O–H groups in total. The van der Waals surface area contributed by atoms with Gasteiger partial charge >= 0.3 is 0 Å². The van der Waals surface area contributed by atoms with Crippen molar-refractivity contribution in [2.45, 2.75) is 130 Å². The van der Waals surface area contributed by atoms with E-state index in [-0.39, 0.29) is 0 Å². The quantitative estimate of drug-likeness (QED) is 0.0507. The van der Waals surface area contributed by atoms with E-state index in [4.69, 9.17) is 9.47 Å². The van der Waals surface area contributed by atoms with E-state index >= 15 is 0 Å². The average Bonchev–Trinajstić information content (AvgIpc) is 3.16. The minimum atomic E-state index is 0.745. The summed E-state index contributed by atoms with van der Waals surface area (Å²) in [6.45, 7) is 10.3. The van der Waals surface area contributed by atoms with Gasteiger partial charge in [-0.05, 0) is 78.8 Å². The predicted molar refractivity (Wildman–Crippen MR) is 228 cm³/mol. The molecule has 0 atom stereocenters. The third-order valence-electron chi connectivity index (χ3n) is 9.93. The standard InChI is InChI=1S/C50H66O2/c1-5-7-9-11-13-15-17-19-37-51-48-34-35-49(46(40-48)31-29-43-25-21-41(3)22-26-43)45-33-36-50(52-38-20-18-16-14-12-10-8-6-2)47(39-45)32-30-44-27-23-42(4)24-28-44/h21-36,39-40H,5-20,37-38H2,1-4H3/b31-29+,32-30+. The minimum Gasteiger partial charge on any atom is -0.494 e. The second kappa shape index (κ2) is 24.2. The largest absolute Gasteiger partial charge is 0.494 e. The van der Waals surface area contributed by atoms with E-state index in [9.17, 15) is 0 Å². The van der Waals surface area contributed by atoms with Gasteiger partial charge in [-0.3, -0.25) is 0 Å². The average molecular weight is 699 g/mol. The molecule has 278 valence electrons. The highest BCUT2D eigenvalue weighted by Gasteiger charge is 2.10. The molecule has 0 saturated heterocycles. The van der Waals surface area contributed by atoms with E-state index < -0.39 is 0 Å². The molecule has 0 aliphatic rings. The first-order chi connectivity index (χ1) is 25.6. The molecule has 0 radical (unpaired) electrons. The van der Waals surface area contributed by atoms with Crippen molar-refractivity contribution in [1.29, 1.82) is 0 Å². The molecule has 0 aromatic heterocycles. The molecule has 4 aromatic rings. The molecule has 0 saturated carbocycles. The lowest BCUT2D eigenvalue weighted by Gasteiger charge is -2.14. The number of rotatable bonds is 25. The van der Waals surface area contributed by atoms with Crippen LogP contribution >= 0.6 is 0 Å². The smallest absolute Gasteiger partial charge is 0.126 e. The van der Waals surface area contributed by atoms with Crippen molar-refractivity contribution in [1.82, 2.24) is 0 Å². The van der Waals surface area contributed by atoms with Gasteiger partial charge in [0.25, 0.3) is 0 Å². The van der Waals surface area contributed by atoms with Gasteiger partial charge in [-0.1, -0.05) is 200 Å². The number of benzene rings is 4. The van der Waals surface area contributed by atoms with Crippen LogP contribution in [0, 0.1) is 13.8 Å². The van der Waals surface area contributed by atoms with Crippen molar-refractivity contribution in [3.63, 3.8) is 0 Å². The summed E-state index contributed by atoms with van der Waals surface area (Å²) >= 11 is 0. The highest BCUT2D eigenvalue weighted by atomic mass is 16.5. The molecule has 0 aliphatic heterocycles. The van der Waals surface area contributed by atoms with Gasteiger partial charge in [0.2, 0.25) is 0 Å². The van der Waals surface area contributed by atoms with E-state index in [2.05, 4.69) is 137 Å².